The molecule has 0 fully saturated rings. The molecule has 0 aromatic carbocycles. The Morgan fingerprint density at radius 1 is 1.40 bits per heavy atom. The molecule has 0 aliphatic rings. The highest BCUT2D eigenvalue weighted by atomic mass is 32.1. The van der Waals surface area contributed by atoms with Crippen molar-refractivity contribution in [1.29, 1.82) is 0 Å². The molecule has 1 N–H and O–H groups in total. The number of aromatic nitrogens is 1. The van der Waals surface area contributed by atoms with Crippen molar-refractivity contribution in [2.24, 2.45) is 0 Å². The first-order valence-corrected chi connectivity index (χ1v) is 5.34. The van der Waals surface area contributed by atoms with Crippen LogP contribution in [-0.2, 0) is 9.59 Å². The van der Waals surface area contributed by atoms with Crippen LogP contribution in [0.15, 0.2) is 0 Å². The van der Waals surface area contributed by atoms with Gasteiger partial charge in [0.25, 0.3) is 7.28 Å². The van der Waals surface area contributed by atoms with E-state index >= 15 is 0 Å². The molecule has 0 bridgehead atoms. The zero-order valence-corrected chi connectivity index (χ0v) is 9.43. The smallest absolute Gasteiger partial charge is 0.303 e. The highest BCUT2D eigenvalue weighted by Gasteiger charge is 2.12. The molecule has 6 heteroatoms. The van der Waals surface area contributed by atoms with Crippen molar-refractivity contribution in [1.82, 2.24) is 4.98 Å². The molecule has 1 aromatic heterocycles. The van der Waals surface area contributed by atoms with E-state index in [1.54, 1.807) is 0 Å². The molecule has 1 heterocycles. The molecular formula is C9H11BNO3S. The number of carboxylic acids is 1. The van der Waals surface area contributed by atoms with Crippen molar-refractivity contribution >= 4 is 35.2 Å². The SMILES string of the molecule is Cc1nc([B]C(=O)CCC(=O)O)sc1C. The summed E-state index contributed by atoms with van der Waals surface area (Å²) in [4.78, 5) is 27.4. The molecule has 79 valence electrons. The molecule has 0 aliphatic heterocycles. The fraction of sp³-hybridized carbons (Fsp3) is 0.444. The van der Waals surface area contributed by atoms with Gasteiger partial charge in [0.1, 0.15) is 0 Å². The van der Waals surface area contributed by atoms with Gasteiger partial charge < -0.3 is 9.90 Å². The number of rotatable bonds is 5. The monoisotopic (exact) mass is 224 g/mol. The van der Waals surface area contributed by atoms with Gasteiger partial charge in [-0.05, 0) is 13.8 Å². The maximum atomic E-state index is 11.3. The first-order valence-electron chi connectivity index (χ1n) is 4.52. The lowest BCUT2D eigenvalue weighted by atomic mass is 9.72. The van der Waals surface area contributed by atoms with Crippen LogP contribution in [0.1, 0.15) is 23.4 Å². The summed E-state index contributed by atoms with van der Waals surface area (Å²) in [6, 6.07) is 0. The lowest BCUT2D eigenvalue weighted by molar-refractivity contribution is -0.138. The summed E-state index contributed by atoms with van der Waals surface area (Å²) in [6.45, 7) is 3.82. The number of hydrogen-bond acceptors (Lipinski definition) is 4. The molecule has 4 nitrogen and oxygen atoms in total. The lowest BCUT2D eigenvalue weighted by Crippen LogP contribution is -2.23. The summed E-state index contributed by atoms with van der Waals surface area (Å²) >= 11 is 1.44. The summed E-state index contributed by atoms with van der Waals surface area (Å²) in [5.41, 5.74) is 0.725. The van der Waals surface area contributed by atoms with Crippen LogP contribution in [0.3, 0.4) is 0 Å². The number of carboxylic acid groups (broad SMARTS) is 1. The average molecular weight is 224 g/mol. The van der Waals surface area contributed by atoms with Crippen LogP contribution in [0.25, 0.3) is 0 Å². The molecule has 0 atom stereocenters. The van der Waals surface area contributed by atoms with E-state index in [1.165, 1.54) is 18.6 Å². The fourth-order valence-corrected chi connectivity index (χ4v) is 1.88. The molecule has 0 unspecified atom stereocenters. The van der Waals surface area contributed by atoms with Crippen LogP contribution in [0.4, 0.5) is 0 Å². The second kappa shape index (κ2) is 5.07. The number of carbonyl (C=O) groups is 2. The predicted molar refractivity (Wildman–Crippen MR) is 58.9 cm³/mol. The van der Waals surface area contributed by atoms with Crippen LogP contribution in [0.2, 0.25) is 0 Å². The maximum Gasteiger partial charge on any atom is 0.303 e. The van der Waals surface area contributed by atoms with E-state index < -0.39 is 5.97 Å². The summed E-state index contributed by atoms with van der Waals surface area (Å²) in [7, 11) is 1.41. The second-order valence-electron chi connectivity index (χ2n) is 3.20. The van der Waals surface area contributed by atoms with Gasteiger partial charge in [0, 0.05) is 11.3 Å². The van der Waals surface area contributed by atoms with Crippen molar-refractivity contribution in [2.75, 3.05) is 0 Å². The Morgan fingerprint density at radius 3 is 2.53 bits per heavy atom. The van der Waals surface area contributed by atoms with E-state index in [1.807, 2.05) is 13.8 Å². The maximum absolute atomic E-state index is 11.3. The third-order valence-electron chi connectivity index (χ3n) is 1.91. The van der Waals surface area contributed by atoms with Gasteiger partial charge in [-0.2, -0.15) is 0 Å². The third-order valence-corrected chi connectivity index (χ3v) is 2.93. The molecule has 0 amide bonds. The lowest BCUT2D eigenvalue weighted by Gasteiger charge is -1.93. The highest BCUT2D eigenvalue weighted by Crippen LogP contribution is 2.07. The largest absolute Gasteiger partial charge is 0.481 e. The zero-order chi connectivity index (χ0) is 11.4. The Morgan fingerprint density at radius 2 is 2.07 bits per heavy atom. The quantitative estimate of drug-likeness (QED) is 0.738. The second-order valence-corrected chi connectivity index (χ2v) is 4.43. The van der Waals surface area contributed by atoms with Gasteiger partial charge in [-0.15, -0.1) is 11.3 Å². The minimum absolute atomic E-state index is 0.0347. The van der Waals surface area contributed by atoms with Gasteiger partial charge in [-0.3, -0.25) is 9.78 Å². The Labute approximate surface area is 92.6 Å². The van der Waals surface area contributed by atoms with Crippen molar-refractivity contribution in [3.05, 3.63) is 10.6 Å². The van der Waals surface area contributed by atoms with E-state index in [4.69, 9.17) is 5.11 Å². The first kappa shape index (κ1) is 11.9. The van der Waals surface area contributed by atoms with E-state index in [0.29, 0.717) is 4.91 Å². The Bertz CT molecular complexity index is 369. The van der Waals surface area contributed by atoms with Crippen LogP contribution in [-0.4, -0.2) is 29.0 Å². The highest BCUT2D eigenvalue weighted by molar-refractivity contribution is 7.23. The van der Waals surface area contributed by atoms with Gasteiger partial charge >= 0.3 is 5.97 Å². The van der Waals surface area contributed by atoms with Crippen LogP contribution >= 0.6 is 11.3 Å². The van der Waals surface area contributed by atoms with Crippen molar-refractivity contribution in [3.8, 4) is 0 Å². The van der Waals surface area contributed by atoms with Crippen molar-refractivity contribution < 1.29 is 14.7 Å². The molecule has 15 heavy (non-hydrogen) atoms. The topological polar surface area (TPSA) is 67.3 Å². The number of aryl methyl sites for hydroxylation is 2. The molecule has 1 aromatic rings. The number of hydrogen-bond donors (Lipinski definition) is 1. The summed E-state index contributed by atoms with van der Waals surface area (Å²) in [6.07, 6.45) is -0.0916. The van der Waals surface area contributed by atoms with Gasteiger partial charge in [-0.25, -0.2) is 0 Å². The van der Waals surface area contributed by atoms with Crippen LogP contribution in [0, 0.1) is 13.8 Å². The molecule has 0 aliphatic carbocycles. The molecular weight excluding hydrogens is 213 g/mol. The minimum atomic E-state index is -0.955. The van der Waals surface area contributed by atoms with E-state index in [0.717, 1.165) is 10.6 Å². The standard InChI is InChI=1S/C9H11BNO3S/c1-5-6(2)15-9(11-5)10-7(12)3-4-8(13)14/h3-4H2,1-2H3,(H,13,14). The number of carbonyl (C=O) groups excluding carboxylic acids is 1. The minimum Gasteiger partial charge on any atom is -0.481 e. The summed E-state index contributed by atoms with van der Waals surface area (Å²) < 4.78 is 0. The molecule has 0 spiro atoms. The normalized spacial score (nSPS) is 10.0. The average Bonchev–Trinajstić information content (AvgIpc) is 2.42. The van der Waals surface area contributed by atoms with E-state index in [9.17, 15) is 9.59 Å². The van der Waals surface area contributed by atoms with E-state index in [2.05, 4.69) is 4.98 Å². The fourth-order valence-electron chi connectivity index (χ4n) is 0.999. The third kappa shape index (κ3) is 3.83. The summed E-state index contributed by atoms with van der Waals surface area (Å²) in [5, 5.41) is 8.40. The summed E-state index contributed by atoms with van der Waals surface area (Å²) in [5.74, 6) is -0.955. The number of nitrogens with zero attached hydrogens (tertiary/aromatic N) is 1. The van der Waals surface area contributed by atoms with Crippen LogP contribution in [0.5, 0.6) is 0 Å². The molecule has 0 saturated heterocycles. The Hall–Kier alpha value is -1.17. The molecule has 1 rings (SSSR count). The van der Waals surface area contributed by atoms with Crippen LogP contribution < -0.4 is 4.91 Å². The number of thiazole rings is 1. The number of aliphatic carboxylic acids is 1. The molecule has 0 saturated carbocycles. The van der Waals surface area contributed by atoms with Crippen molar-refractivity contribution in [3.63, 3.8) is 0 Å². The Balaban J connectivity index is 2.48. The van der Waals surface area contributed by atoms with Gasteiger partial charge in [0.2, 0.25) is 0 Å². The van der Waals surface area contributed by atoms with Crippen molar-refractivity contribution in [2.45, 2.75) is 26.7 Å². The molecule has 1 radical (unpaired) electrons. The van der Waals surface area contributed by atoms with Gasteiger partial charge in [-0.1, -0.05) is 0 Å². The first-order chi connectivity index (χ1) is 6.99. The predicted octanol–water partition coefficient (Wildman–Crippen LogP) is 0.481. The van der Waals surface area contributed by atoms with E-state index in [-0.39, 0.29) is 18.5 Å². The zero-order valence-electron chi connectivity index (χ0n) is 8.61. The van der Waals surface area contributed by atoms with Gasteiger partial charge in [0.05, 0.1) is 22.7 Å². The Kier molecular flexibility index (Phi) is 4.02. The van der Waals surface area contributed by atoms with Gasteiger partial charge in [0.15, 0.2) is 0 Å².